The second-order valence-corrected chi connectivity index (χ2v) is 10.1. The number of methoxy groups -OCH3 is 1. The van der Waals surface area contributed by atoms with Gasteiger partial charge in [0.2, 0.25) is 5.91 Å². The maximum absolute atomic E-state index is 12.7. The minimum atomic E-state index is 0.00481. The van der Waals surface area contributed by atoms with Crippen molar-refractivity contribution in [1.82, 2.24) is 25.6 Å². The number of thiophene rings is 1. The SMILES string of the molecule is COCCNCCC(=O)Nc1sc2c(c1-c1nc3ccc(-c4cncnc4)cc3s1)CCNC2. The number of anilines is 1. The summed E-state index contributed by atoms with van der Waals surface area (Å²) < 4.78 is 6.14. The van der Waals surface area contributed by atoms with Crippen molar-refractivity contribution in [1.29, 1.82) is 0 Å². The summed E-state index contributed by atoms with van der Waals surface area (Å²) in [5.41, 5.74) is 5.37. The van der Waals surface area contributed by atoms with Crippen LogP contribution in [0.25, 0.3) is 31.9 Å². The van der Waals surface area contributed by atoms with Gasteiger partial charge in [-0.15, -0.1) is 22.7 Å². The van der Waals surface area contributed by atoms with Crippen molar-refractivity contribution in [2.24, 2.45) is 0 Å². The van der Waals surface area contributed by atoms with Crippen LogP contribution >= 0.6 is 22.7 Å². The number of aromatic nitrogens is 3. The Balaban J connectivity index is 1.43. The molecule has 5 rings (SSSR count). The first-order chi connectivity index (χ1) is 16.7. The van der Waals surface area contributed by atoms with Gasteiger partial charge in [-0.25, -0.2) is 15.0 Å². The minimum Gasteiger partial charge on any atom is -0.383 e. The molecule has 0 bridgehead atoms. The predicted octanol–water partition coefficient (Wildman–Crippen LogP) is 3.69. The first-order valence-electron chi connectivity index (χ1n) is 11.2. The van der Waals surface area contributed by atoms with Gasteiger partial charge in [0.05, 0.1) is 16.8 Å². The van der Waals surface area contributed by atoms with Crippen molar-refractivity contribution in [3.05, 3.63) is 47.4 Å². The van der Waals surface area contributed by atoms with Crippen LogP contribution in [0, 0.1) is 0 Å². The number of thiazole rings is 1. The topological polar surface area (TPSA) is 101 Å². The summed E-state index contributed by atoms with van der Waals surface area (Å²) in [6, 6.07) is 6.23. The number of nitrogens with one attached hydrogen (secondary N) is 3. The lowest BCUT2D eigenvalue weighted by atomic mass is 10.0. The summed E-state index contributed by atoms with van der Waals surface area (Å²) >= 11 is 3.32. The highest BCUT2D eigenvalue weighted by molar-refractivity contribution is 7.23. The van der Waals surface area contributed by atoms with Crippen LogP contribution in [0.4, 0.5) is 5.00 Å². The van der Waals surface area contributed by atoms with Crippen LogP contribution in [0.2, 0.25) is 0 Å². The predicted molar refractivity (Wildman–Crippen MR) is 137 cm³/mol. The number of amides is 1. The molecule has 1 amide bonds. The van der Waals surface area contributed by atoms with Gasteiger partial charge in [0.1, 0.15) is 16.3 Å². The van der Waals surface area contributed by atoms with Crippen molar-refractivity contribution in [3.8, 4) is 21.7 Å². The molecule has 4 heterocycles. The number of rotatable bonds is 9. The lowest BCUT2D eigenvalue weighted by Crippen LogP contribution is -2.24. The van der Waals surface area contributed by atoms with Crippen LogP contribution in [-0.2, 0) is 22.5 Å². The average molecular weight is 495 g/mol. The monoisotopic (exact) mass is 494 g/mol. The number of fused-ring (bicyclic) bond motifs is 2. The molecule has 34 heavy (non-hydrogen) atoms. The van der Waals surface area contributed by atoms with E-state index < -0.39 is 0 Å². The molecule has 0 spiro atoms. The second kappa shape index (κ2) is 10.7. The number of ether oxygens (including phenoxy) is 1. The zero-order valence-corrected chi connectivity index (χ0v) is 20.5. The third-order valence-corrected chi connectivity index (χ3v) is 7.87. The zero-order valence-electron chi connectivity index (χ0n) is 18.9. The largest absolute Gasteiger partial charge is 0.383 e. The first kappa shape index (κ1) is 23.0. The summed E-state index contributed by atoms with van der Waals surface area (Å²) in [5.74, 6) is 0.00481. The Hall–Kier alpha value is -2.76. The van der Waals surface area contributed by atoms with Gasteiger partial charge in [-0.2, -0.15) is 0 Å². The molecule has 0 fully saturated rings. The van der Waals surface area contributed by atoms with Crippen molar-refractivity contribution in [2.75, 3.05) is 38.7 Å². The van der Waals surface area contributed by atoms with E-state index in [2.05, 4.69) is 38.1 Å². The molecule has 3 aromatic heterocycles. The fourth-order valence-corrected chi connectivity index (χ4v) is 6.38. The number of carbonyl (C=O) groups excluding carboxylic acids is 1. The highest BCUT2D eigenvalue weighted by Gasteiger charge is 2.25. The zero-order chi connectivity index (χ0) is 23.3. The van der Waals surface area contributed by atoms with E-state index in [0.717, 1.165) is 63.0 Å². The molecule has 8 nitrogen and oxygen atoms in total. The number of benzene rings is 1. The maximum atomic E-state index is 12.7. The third-order valence-electron chi connectivity index (χ3n) is 5.69. The Morgan fingerprint density at radius 3 is 2.91 bits per heavy atom. The quantitative estimate of drug-likeness (QED) is 0.305. The Morgan fingerprint density at radius 1 is 1.18 bits per heavy atom. The molecule has 1 aliphatic rings. The van der Waals surface area contributed by atoms with Crippen LogP contribution in [0.5, 0.6) is 0 Å². The minimum absolute atomic E-state index is 0.00481. The Morgan fingerprint density at radius 2 is 2.06 bits per heavy atom. The fraction of sp³-hybridized carbons (Fsp3) is 0.333. The summed E-state index contributed by atoms with van der Waals surface area (Å²) in [4.78, 5) is 27.2. The molecule has 1 aromatic carbocycles. The fourth-order valence-electron chi connectivity index (χ4n) is 4.00. The molecule has 0 aliphatic carbocycles. The molecule has 4 aromatic rings. The molecule has 0 unspecified atom stereocenters. The molecule has 10 heteroatoms. The van der Waals surface area contributed by atoms with Gasteiger partial charge in [-0.1, -0.05) is 6.07 Å². The van der Waals surface area contributed by atoms with Crippen molar-refractivity contribution >= 4 is 43.8 Å². The van der Waals surface area contributed by atoms with E-state index in [1.54, 1.807) is 29.8 Å². The standard InChI is InChI=1S/C24H26N6O2S2/c1-32-9-8-25-7-5-21(31)30-24-22(17-4-6-26-13-20(17)34-24)23-29-18-3-2-15(10-19(18)33-23)16-11-27-14-28-12-16/h2-3,10-12,14,25-26H,4-9,13H2,1H3,(H,30,31). The van der Waals surface area contributed by atoms with E-state index in [0.29, 0.717) is 19.6 Å². The van der Waals surface area contributed by atoms with Gasteiger partial charge >= 0.3 is 0 Å². The highest BCUT2D eigenvalue weighted by atomic mass is 32.1. The Labute approximate surface area is 205 Å². The summed E-state index contributed by atoms with van der Waals surface area (Å²) in [6.07, 6.45) is 6.50. The lowest BCUT2D eigenvalue weighted by Gasteiger charge is -2.13. The normalized spacial score (nSPS) is 13.2. The smallest absolute Gasteiger partial charge is 0.226 e. The molecular weight excluding hydrogens is 468 g/mol. The molecule has 0 radical (unpaired) electrons. The second-order valence-electron chi connectivity index (χ2n) is 8.00. The van der Waals surface area contributed by atoms with Gasteiger partial charge in [0, 0.05) is 61.6 Å². The van der Waals surface area contributed by atoms with Crippen LogP contribution in [0.15, 0.2) is 36.9 Å². The van der Waals surface area contributed by atoms with E-state index in [-0.39, 0.29) is 5.91 Å². The molecule has 176 valence electrons. The summed E-state index contributed by atoms with van der Waals surface area (Å²) in [5, 5.41) is 11.7. The molecule has 3 N–H and O–H groups in total. The summed E-state index contributed by atoms with van der Waals surface area (Å²) in [7, 11) is 1.67. The number of carbonyl (C=O) groups is 1. The number of hydrogen-bond acceptors (Lipinski definition) is 9. The van der Waals surface area contributed by atoms with Crippen LogP contribution < -0.4 is 16.0 Å². The Bertz CT molecular complexity index is 1290. The number of nitrogens with zero attached hydrogens (tertiary/aromatic N) is 3. The maximum Gasteiger partial charge on any atom is 0.226 e. The van der Waals surface area contributed by atoms with Crippen LogP contribution in [-0.4, -0.2) is 54.2 Å². The van der Waals surface area contributed by atoms with Gasteiger partial charge in [0.25, 0.3) is 0 Å². The lowest BCUT2D eigenvalue weighted by molar-refractivity contribution is -0.116. The van der Waals surface area contributed by atoms with Gasteiger partial charge in [0.15, 0.2) is 0 Å². The van der Waals surface area contributed by atoms with Crippen LogP contribution in [0.1, 0.15) is 16.9 Å². The van der Waals surface area contributed by atoms with Crippen molar-refractivity contribution in [3.63, 3.8) is 0 Å². The van der Waals surface area contributed by atoms with E-state index in [1.807, 2.05) is 18.5 Å². The third kappa shape index (κ3) is 5.01. The molecule has 1 aliphatic heterocycles. The van der Waals surface area contributed by atoms with Crippen LogP contribution in [0.3, 0.4) is 0 Å². The molecule has 0 atom stereocenters. The van der Waals surface area contributed by atoms with Crippen molar-refractivity contribution in [2.45, 2.75) is 19.4 Å². The Kier molecular flexibility index (Phi) is 7.21. The van der Waals surface area contributed by atoms with E-state index in [1.165, 1.54) is 16.8 Å². The van der Waals surface area contributed by atoms with Gasteiger partial charge in [-0.3, -0.25) is 4.79 Å². The average Bonchev–Trinajstić information content (AvgIpc) is 3.44. The van der Waals surface area contributed by atoms with E-state index >= 15 is 0 Å². The van der Waals surface area contributed by atoms with Gasteiger partial charge < -0.3 is 20.7 Å². The molecular formula is C24H26N6O2S2. The number of hydrogen-bond donors (Lipinski definition) is 3. The van der Waals surface area contributed by atoms with E-state index in [9.17, 15) is 4.79 Å². The highest BCUT2D eigenvalue weighted by Crippen LogP contribution is 2.45. The van der Waals surface area contributed by atoms with E-state index in [4.69, 9.17) is 9.72 Å². The summed E-state index contributed by atoms with van der Waals surface area (Å²) in [6.45, 7) is 3.73. The van der Waals surface area contributed by atoms with Gasteiger partial charge in [-0.05, 0) is 36.2 Å². The van der Waals surface area contributed by atoms with Crippen molar-refractivity contribution < 1.29 is 9.53 Å². The molecule has 0 saturated heterocycles. The first-order valence-corrected chi connectivity index (χ1v) is 12.9. The molecule has 0 saturated carbocycles.